The van der Waals surface area contributed by atoms with Crippen LogP contribution in [0, 0.1) is 5.82 Å². The molecule has 1 N–H and O–H groups in total. The number of hydrazone groups is 1. The summed E-state index contributed by atoms with van der Waals surface area (Å²) < 4.78 is 59.0. The van der Waals surface area contributed by atoms with Gasteiger partial charge in [-0.25, -0.2) is 9.37 Å². The smallest absolute Gasteiger partial charge is 0.438 e. The van der Waals surface area contributed by atoms with Crippen LogP contribution in [0.4, 0.5) is 22.7 Å². The molecule has 0 amide bonds. The Balaban J connectivity index is 1.74. The van der Waals surface area contributed by atoms with E-state index in [1.807, 2.05) is 0 Å². The van der Waals surface area contributed by atoms with Crippen LogP contribution in [-0.2, 0) is 0 Å². The van der Waals surface area contributed by atoms with E-state index in [1.165, 1.54) is 48.0 Å². The first-order chi connectivity index (χ1) is 12.8. The number of aromatic nitrogens is 1. The number of rotatable bonds is 3. The van der Waals surface area contributed by atoms with Gasteiger partial charge in [0.15, 0.2) is 0 Å². The third kappa shape index (κ3) is 3.00. The summed E-state index contributed by atoms with van der Waals surface area (Å²) in [7, 11) is 0. The van der Waals surface area contributed by atoms with Gasteiger partial charge in [-0.15, -0.1) is 11.3 Å². The maximum atomic E-state index is 13.6. The van der Waals surface area contributed by atoms with Crippen LogP contribution in [0.3, 0.4) is 0 Å². The molecule has 1 aliphatic heterocycles. The largest absolute Gasteiger partial charge is 0.463 e. The molecule has 10 heteroatoms. The highest BCUT2D eigenvalue weighted by molar-refractivity contribution is 7.14. The molecule has 4 rings (SSSR count). The molecule has 0 unspecified atom stereocenters. The summed E-state index contributed by atoms with van der Waals surface area (Å²) in [6.07, 6.45) is -4.47. The Bertz CT molecular complexity index is 983. The SMILES string of the molecule is O[C@]1(C(F)(F)F)CC(c2ccco2)=NN1c1nc(-c2ccc(F)cc2)cs1. The highest BCUT2D eigenvalue weighted by Crippen LogP contribution is 2.45. The lowest BCUT2D eigenvalue weighted by atomic mass is 10.1. The summed E-state index contributed by atoms with van der Waals surface area (Å²) in [5.74, 6) is -0.302. The van der Waals surface area contributed by atoms with Gasteiger partial charge in [-0.1, -0.05) is 0 Å². The Morgan fingerprint density at radius 1 is 1.19 bits per heavy atom. The number of hydrogen-bond donors (Lipinski definition) is 1. The number of benzene rings is 1. The Labute approximate surface area is 154 Å². The molecule has 0 saturated heterocycles. The summed E-state index contributed by atoms with van der Waals surface area (Å²) in [4.78, 5) is 4.14. The van der Waals surface area contributed by atoms with Crippen LogP contribution in [0.2, 0.25) is 0 Å². The molecule has 0 radical (unpaired) electrons. The van der Waals surface area contributed by atoms with E-state index in [9.17, 15) is 22.7 Å². The fourth-order valence-corrected chi connectivity index (χ4v) is 3.51. The second-order valence-electron chi connectivity index (χ2n) is 5.85. The van der Waals surface area contributed by atoms with Crippen LogP contribution in [0.5, 0.6) is 0 Å². The van der Waals surface area contributed by atoms with Crippen LogP contribution in [0.15, 0.2) is 57.6 Å². The minimum atomic E-state index is -4.98. The van der Waals surface area contributed by atoms with Crippen molar-refractivity contribution in [2.24, 2.45) is 5.10 Å². The van der Waals surface area contributed by atoms with E-state index in [0.717, 1.165) is 11.3 Å². The van der Waals surface area contributed by atoms with Crippen molar-refractivity contribution in [1.29, 1.82) is 0 Å². The first-order valence-corrected chi connectivity index (χ1v) is 8.58. The third-order valence-electron chi connectivity index (χ3n) is 4.06. The van der Waals surface area contributed by atoms with Gasteiger partial charge in [0.25, 0.3) is 5.72 Å². The van der Waals surface area contributed by atoms with Gasteiger partial charge < -0.3 is 9.52 Å². The summed E-state index contributed by atoms with van der Waals surface area (Å²) in [5, 5.41) is 16.1. The number of aliphatic hydroxyl groups is 1. The molecule has 1 atom stereocenters. The van der Waals surface area contributed by atoms with Crippen LogP contribution in [0.1, 0.15) is 12.2 Å². The Kier molecular flexibility index (Phi) is 4.04. The zero-order valence-electron chi connectivity index (χ0n) is 13.4. The van der Waals surface area contributed by atoms with E-state index in [4.69, 9.17) is 4.42 Å². The van der Waals surface area contributed by atoms with Crippen LogP contribution >= 0.6 is 11.3 Å². The van der Waals surface area contributed by atoms with Crippen molar-refractivity contribution in [2.75, 3.05) is 5.01 Å². The first kappa shape index (κ1) is 17.7. The van der Waals surface area contributed by atoms with E-state index in [1.54, 1.807) is 0 Å². The summed E-state index contributed by atoms with van der Waals surface area (Å²) >= 11 is 0.887. The number of hydrogen-bond acceptors (Lipinski definition) is 6. The molecule has 1 aliphatic rings. The Morgan fingerprint density at radius 2 is 1.93 bits per heavy atom. The van der Waals surface area contributed by atoms with Crippen LogP contribution < -0.4 is 5.01 Å². The predicted octanol–water partition coefficient (Wildman–Crippen LogP) is 4.41. The van der Waals surface area contributed by atoms with Crippen molar-refractivity contribution in [3.63, 3.8) is 0 Å². The van der Waals surface area contributed by atoms with Gasteiger partial charge in [0.2, 0.25) is 5.13 Å². The van der Waals surface area contributed by atoms with Gasteiger partial charge in [0.05, 0.1) is 18.4 Å². The minimum absolute atomic E-state index is 0.0432. The molecular weight excluding hydrogens is 386 g/mol. The second kappa shape index (κ2) is 6.17. The lowest BCUT2D eigenvalue weighted by molar-refractivity contribution is -0.254. The van der Waals surface area contributed by atoms with Crippen LogP contribution in [-0.4, -0.2) is 27.7 Å². The second-order valence-corrected chi connectivity index (χ2v) is 6.69. The fraction of sp³-hybridized carbons (Fsp3) is 0.176. The monoisotopic (exact) mass is 397 g/mol. The first-order valence-electron chi connectivity index (χ1n) is 7.70. The van der Waals surface area contributed by atoms with Crippen molar-refractivity contribution < 1.29 is 27.1 Å². The summed E-state index contributed by atoms with van der Waals surface area (Å²) in [6.45, 7) is 0. The van der Waals surface area contributed by atoms with Crippen molar-refractivity contribution in [3.8, 4) is 11.3 Å². The van der Waals surface area contributed by atoms with Gasteiger partial charge in [-0.2, -0.15) is 23.3 Å². The minimum Gasteiger partial charge on any atom is -0.463 e. The average molecular weight is 397 g/mol. The standard InChI is InChI=1S/C17H11F4N3O2S/c18-11-5-3-10(4-6-11)13-9-27-15(22-13)24-16(25,17(19,20)21)8-12(23-24)14-2-1-7-26-14/h1-7,9,25H,8H2/t16-/m0/s1. The zero-order valence-corrected chi connectivity index (χ0v) is 14.3. The molecule has 0 fully saturated rings. The maximum absolute atomic E-state index is 13.6. The van der Waals surface area contributed by atoms with Crippen molar-refractivity contribution in [1.82, 2.24) is 4.98 Å². The Hall–Kier alpha value is -2.72. The molecule has 0 spiro atoms. The molecule has 140 valence electrons. The predicted molar refractivity (Wildman–Crippen MR) is 90.9 cm³/mol. The topological polar surface area (TPSA) is 61.9 Å². The van der Waals surface area contributed by atoms with E-state index >= 15 is 0 Å². The molecule has 0 aliphatic carbocycles. The number of halogens is 4. The van der Waals surface area contributed by atoms with Gasteiger partial charge >= 0.3 is 6.18 Å². The highest BCUT2D eigenvalue weighted by atomic mass is 32.1. The highest BCUT2D eigenvalue weighted by Gasteiger charge is 2.63. The lowest BCUT2D eigenvalue weighted by Crippen LogP contribution is -2.55. The van der Waals surface area contributed by atoms with Crippen LogP contribution in [0.25, 0.3) is 11.3 Å². The summed E-state index contributed by atoms with van der Waals surface area (Å²) in [6, 6.07) is 8.36. The molecule has 0 saturated carbocycles. The van der Waals surface area contributed by atoms with E-state index in [-0.39, 0.29) is 16.6 Å². The quantitative estimate of drug-likeness (QED) is 0.665. The molecule has 3 aromatic rings. The lowest BCUT2D eigenvalue weighted by Gasteiger charge is -2.32. The molecule has 3 heterocycles. The average Bonchev–Trinajstić information content (AvgIpc) is 3.34. The molecule has 27 heavy (non-hydrogen) atoms. The maximum Gasteiger partial charge on any atom is 0.438 e. The summed E-state index contributed by atoms with van der Waals surface area (Å²) in [5.41, 5.74) is -2.41. The molecule has 0 bridgehead atoms. The van der Waals surface area contributed by atoms with Gasteiger partial charge in [-0.05, 0) is 36.4 Å². The van der Waals surface area contributed by atoms with Gasteiger partial charge in [0.1, 0.15) is 17.3 Å². The number of anilines is 1. The fourth-order valence-electron chi connectivity index (χ4n) is 2.66. The van der Waals surface area contributed by atoms with E-state index < -0.39 is 24.1 Å². The number of nitrogens with zero attached hydrogens (tertiary/aromatic N) is 3. The van der Waals surface area contributed by atoms with E-state index in [0.29, 0.717) is 16.3 Å². The zero-order chi connectivity index (χ0) is 19.2. The number of alkyl halides is 3. The van der Waals surface area contributed by atoms with Crippen molar-refractivity contribution in [2.45, 2.75) is 18.3 Å². The molecular formula is C17H11F4N3O2S. The molecule has 5 nitrogen and oxygen atoms in total. The van der Waals surface area contributed by atoms with Crippen molar-refractivity contribution in [3.05, 3.63) is 59.6 Å². The normalized spacial score (nSPS) is 20.2. The van der Waals surface area contributed by atoms with Gasteiger partial charge in [-0.3, -0.25) is 0 Å². The van der Waals surface area contributed by atoms with E-state index in [2.05, 4.69) is 10.1 Å². The Morgan fingerprint density at radius 3 is 2.56 bits per heavy atom. The third-order valence-corrected chi connectivity index (χ3v) is 4.87. The molecule has 2 aromatic heterocycles. The van der Waals surface area contributed by atoms with Gasteiger partial charge in [0, 0.05) is 10.9 Å². The van der Waals surface area contributed by atoms with Crippen molar-refractivity contribution >= 4 is 22.2 Å². The number of thiazole rings is 1. The molecule has 1 aromatic carbocycles. The number of furan rings is 1.